The third-order valence-corrected chi connectivity index (χ3v) is 3.41. The Morgan fingerprint density at radius 1 is 1.25 bits per heavy atom. The van der Waals surface area contributed by atoms with Crippen LogP contribution in [0.4, 0.5) is 0 Å². The van der Waals surface area contributed by atoms with Gasteiger partial charge in [0.2, 0.25) is 0 Å². The van der Waals surface area contributed by atoms with Gasteiger partial charge in [0, 0.05) is 42.9 Å². The number of rotatable bonds is 8. The Labute approximate surface area is 124 Å². The van der Waals surface area contributed by atoms with Crippen LogP contribution in [0.2, 0.25) is 0 Å². The van der Waals surface area contributed by atoms with Gasteiger partial charge < -0.3 is 19.8 Å². The molecule has 0 atom stereocenters. The zero-order chi connectivity index (χ0) is 14.4. The third-order valence-electron chi connectivity index (χ3n) is 3.18. The molecular weight excluding hydrogens is 272 g/mol. The first kappa shape index (κ1) is 15.0. The summed E-state index contributed by atoms with van der Waals surface area (Å²) in [4.78, 5) is 0.436. The lowest BCUT2D eigenvalue weighted by Gasteiger charge is -2.07. The first-order valence-corrected chi connectivity index (χ1v) is 7.08. The summed E-state index contributed by atoms with van der Waals surface area (Å²) in [6.45, 7) is 2.98. The van der Waals surface area contributed by atoms with Gasteiger partial charge in [-0.2, -0.15) is 0 Å². The van der Waals surface area contributed by atoms with Crippen molar-refractivity contribution < 1.29 is 9.47 Å². The lowest BCUT2D eigenvalue weighted by molar-refractivity contribution is 0.0681. The number of hydrogen-bond acceptors (Lipinski definition) is 3. The van der Waals surface area contributed by atoms with Crippen LogP contribution in [0.5, 0.6) is 0 Å². The fourth-order valence-electron chi connectivity index (χ4n) is 2.13. The number of aryl methyl sites for hydroxylation is 1. The SMILES string of the molecule is COCCOCCCn1ccc2cc(C(N)=S)ccc21. The van der Waals surface area contributed by atoms with Crippen molar-refractivity contribution in [1.29, 1.82) is 0 Å². The van der Waals surface area contributed by atoms with Crippen molar-refractivity contribution in [2.24, 2.45) is 5.73 Å². The fraction of sp³-hybridized carbons (Fsp3) is 0.400. The van der Waals surface area contributed by atoms with E-state index in [4.69, 9.17) is 27.4 Å². The Morgan fingerprint density at radius 2 is 2.10 bits per heavy atom. The Kier molecular flexibility index (Phi) is 5.52. The van der Waals surface area contributed by atoms with Gasteiger partial charge in [-0.25, -0.2) is 0 Å². The molecule has 1 aromatic heterocycles. The van der Waals surface area contributed by atoms with Crippen LogP contribution in [-0.4, -0.2) is 36.5 Å². The van der Waals surface area contributed by atoms with Crippen molar-refractivity contribution in [2.75, 3.05) is 26.9 Å². The smallest absolute Gasteiger partial charge is 0.104 e. The second-order valence-corrected chi connectivity index (χ2v) is 5.05. The van der Waals surface area contributed by atoms with Gasteiger partial charge in [-0.05, 0) is 30.7 Å². The van der Waals surface area contributed by atoms with Crippen LogP contribution in [0, 0.1) is 0 Å². The van der Waals surface area contributed by atoms with Crippen LogP contribution >= 0.6 is 12.2 Å². The zero-order valence-corrected chi connectivity index (χ0v) is 12.5. The van der Waals surface area contributed by atoms with Crippen molar-refractivity contribution in [3.63, 3.8) is 0 Å². The second-order valence-electron chi connectivity index (χ2n) is 4.61. The molecule has 0 bridgehead atoms. The minimum atomic E-state index is 0.436. The highest BCUT2D eigenvalue weighted by molar-refractivity contribution is 7.80. The largest absolute Gasteiger partial charge is 0.389 e. The van der Waals surface area contributed by atoms with E-state index in [0.717, 1.165) is 30.5 Å². The van der Waals surface area contributed by atoms with E-state index in [1.165, 1.54) is 5.52 Å². The predicted molar refractivity (Wildman–Crippen MR) is 85.1 cm³/mol. The maximum absolute atomic E-state index is 5.65. The standard InChI is InChI=1S/C15H20N2O2S/c1-18-9-10-19-8-2-6-17-7-5-12-11-13(15(16)20)3-4-14(12)17/h3-5,7,11H,2,6,8-10H2,1H3,(H2,16,20). The van der Waals surface area contributed by atoms with Gasteiger partial charge >= 0.3 is 0 Å². The predicted octanol–water partition coefficient (Wildman–Crippen LogP) is 2.33. The number of hydrogen-bond donors (Lipinski definition) is 1. The van der Waals surface area contributed by atoms with Gasteiger partial charge in [-0.15, -0.1) is 0 Å². The van der Waals surface area contributed by atoms with Gasteiger partial charge in [0.1, 0.15) is 4.99 Å². The van der Waals surface area contributed by atoms with Crippen LogP contribution in [0.3, 0.4) is 0 Å². The molecule has 5 heteroatoms. The van der Waals surface area contributed by atoms with Gasteiger partial charge in [-0.1, -0.05) is 12.2 Å². The van der Waals surface area contributed by atoms with E-state index < -0.39 is 0 Å². The summed E-state index contributed by atoms with van der Waals surface area (Å²) < 4.78 is 12.6. The molecule has 0 radical (unpaired) electrons. The molecule has 108 valence electrons. The first-order chi connectivity index (χ1) is 9.72. The molecule has 1 aromatic carbocycles. The van der Waals surface area contributed by atoms with Gasteiger partial charge in [0.25, 0.3) is 0 Å². The highest BCUT2D eigenvalue weighted by Gasteiger charge is 2.03. The molecule has 0 saturated heterocycles. The van der Waals surface area contributed by atoms with E-state index in [1.54, 1.807) is 7.11 Å². The number of fused-ring (bicyclic) bond motifs is 1. The van der Waals surface area contributed by atoms with Crippen LogP contribution in [-0.2, 0) is 16.0 Å². The van der Waals surface area contributed by atoms with Crippen molar-refractivity contribution in [1.82, 2.24) is 4.57 Å². The lowest BCUT2D eigenvalue weighted by atomic mass is 10.1. The monoisotopic (exact) mass is 292 g/mol. The molecule has 0 spiro atoms. The van der Waals surface area contributed by atoms with Crippen LogP contribution < -0.4 is 5.73 Å². The Hall–Kier alpha value is -1.43. The molecule has 0 amide bonds. The average Bonchev–Trinajstić information content (AvgIpc) is 2.85. The Morgan fingerprint density at radius 3 is 2.85 bits per heavy atom. The summed E-state index contributed by atoms with van der Waals surface area (Å²) in [6, 6.07) is 8.15. The number of ether oxygens (including phenoxy) is 2. The lowest BCUT2D eigenvalue weighted by Crippen LogP contribution is -2.09. The molecule has 0 aliphatic carbocycles. The molecule has 0 fully saturated rings. The summed E-state index contributed by atoms with van der Waals surface area (Å²) in [5.74, 6) is 0. The normalized spacial score (nSPS) is 11.1. The van der Waals surface area contributed by atoms with Gasteiger partial charge in [0.15, 0.2) is 0 Å². The highest BCUT2D eigenvalue weighted by atomic mass is 32.1. The van der Waals surface area contributed by atoms with Gasteiger partial charge in [-0.3, -0.25) is 0 Å². The topological polar surface area (TPSA) is 49.4 Å². The number of thiocarbonyl (C=S) groups is 1. The van der Waals surface area contributed by atoms with Crippen LogP contribution in [0.15, 0.2) is 30.5 Å². The van der Waals surface area contributed by atoms with E-state index in [9.17, 15) is 0 Å². The Bertz CT molecular complexity index is 580. The first-order valence-electron chi connectivity index (χ1n) is 6.68. The second kappa shape index (κ2) is 7.38. The van der Waals surface area contributed by atoms with Crippen molar-refractivity contribution in [3.05, 3.63) is 36.0 Å². The molecule has 0 aliphatic heterocycles. The molecular formula is C15H20N2O2S. The molecule has 4 nitrogen and oxygen atoms in total. The van der Waals surface area contributed by atoms with Crippen molar-refractivity contribution >= 4 is 28.1 Å². The number of nitrogens with zero attached hydrogens (tertiary/aromatic N) is 1. The molecule has 0 aliphatic rings. The summed E-state index contributed by atoms with van der Waals surface area (Å²) in [5, 5.41) is 1.16. The molecule has 2 rings (SSSR count). The number of methoxy groups -OCH3 is 1. The third kappa shape index (κ3) is 3.79. The highest BCUT2D eigenvalue weighted by Crippen LogP contribution is 2.18. The molecule has 0 unspecified atom stereocenters. The maximum atomic E-state index is 5.65. The van der Waals surface area contributed by atoms with E-state index in [-0.39, 0.29) is 0 Å². The maximum Gasteiger partial charge on any atom is 0.104 e. The summed E-state index contributed by atoms with van der Waals surface area (Å²) in [5.41, 5.74) is 7.75. The van der Waals surface area contributed by atoms with E-state index in [0.29, 0.717) is 18.2 Å². The summed E-state index contributed by atoms with van der Waals surface area (Å²) in [7, 11) is 1.68. The molecule has 20 heavy (non-hydrogen) atoms. The molecule has 2 N–H and O–H groups in total. The fourth-order valence-corrected chi connectivity index (χ4v) is 2.26. The minimum absolute atomic E-state index is 0.436. The van der Waals surface area contributed by atoms with E-state index in [1.807, 2.05) is 12.1 Å². The Balaban J connectivity index is 1.92. The molecule has 0 saturated carbocycles. The number of aromatic nitrogens is 1. The molecule has 2 aromatic rings. The molecule has 1 heterocycles. The van der Waals surface area contributed by atoms with Crippen molar-refractivity contribution in [3.8, 4) is 0 Å². The summed E-state index contributed by atoms with van der Waals surface area (Å²) in [6.07, 6.45) is 3.06. The van der Waals surface area contributed by atoms with Gasteiger partial charge in [0.05, 0.1) is 13.2 Å². The summed E-state index contributed by atoms with van der Waals surface area (Å²) >= 11 is 5.00. The van der Waals surface area contributed by atoms with Crippen LogP contribution in [0.25, 0.3) is 10.9 Å². The zero-order valence-electron chi connectivity index (χ0n) is 11.7. The average molecular weight is 292 g/mol. The van der Waals surface area contributed by atoms with E-state index >= 15 is 0 Å². The van der Waals surface area contributed by atoms with Crippen LogP contribution in [0.1, 0.15) is 12.0 Å². The minimum Gasteiger partial charge on any atom is -0.389 e. The number of nitrogens with two attached hydrogens (primary N) is 1. The number of benzene rings is 1. The quantitative estimate of drug-likeness (QED) is 0.599. The van der Waals surface area contributed by atoms with Crippen molar-refractivity contribution in [2.45, 2.75) is 13.0 Å². The van der Waals surface area contributed by atoms with E-state index in [2.05, 4.69) is 22.9 Å².